The van der Waals surface area contributed by atoms with Crippen LogP contribution in [-0.4, -0.2) is 0 Å². The molecule has 0 fully saturated rings. The van der Waals surface area contributed by atoms with E-state index in [0.29, 0.717) is 0 Å². The molecule has 1 aromatic carbocycles. The van der Waals surface area contributed by atoms with Crippen LogP contribution in [0.5, 0.6) is 0 Å². The van der Waals surface area contributed by atoms with Gasteiger partial charge in [0.25, 0.3) is 0 Å². The fraction of sp³-hybridized carbons (Fsp3) is 0.273. The summed E-state index contributed by atoms with van der Waals surface area (Å²) in [5, 5.41) is 3.18. The molecule has 2 rings (SSSR count). The van der Waals surface area contributed by atoms with E-state index in [4.69, 9.17) is 0 Å². The van der Waals surface area contributed by atoms with Crippen molar-refractivity contribution in [2.75, 3.05) is 5.32 Å². The molecule has 1 N–H and O–H groups in total. The molecule has 0 radical (unpaired) electrons. The van der Waals surface area contributed by atoms with Gasteiger partial charge in [0, 0.05) is 7.11 Å². The quantitative estimate of drug-likeness (QED) is 0.617. The second-order valence-electron chi connectivity index (χ2n) is 2.41. The van der Waals surface area contributed by atoms with E-state index in [9.17, 15) is 0 Å². The average molecular weight is 163 g/mol. The highest BCUT2D eigenvalue weighted by molar-refractivity contribution is 5.55. The minimum Gasteiger partial charge on any atom is -0.362 e. The molecule has 1 aromatic rings. The number of hydrogen-bond donors (Lipinski definition) is 1. The van der Waals surface area contributed by atoms with Crippen molar-refractivity contribution in [1.82, 2.24) is 0 Å². The van der Waals surface area contributed by atoms with E-state index in [1.165, 1.54) is 11.3 Å². The average Bonchev–Trinajstić information content (AvgIpc) is 2.21. The van der Waals surface area contributed by atoms with Crippen molar-refractivity contribution in [3.63, 3.8) is 0 Å². The lowest BCUT2D eigenvalue weighted by atomic mass is 10.1. The standard InChI is InChI=1S/C9H9N.C2H6.H2/c1-2-6-9-8(4-1)5-3-7-10-9;1-2;/h1-4,6-7,10H,5H2;1-2H3;1H. The smallest absolute Gasteiger partial charge is 0.0415 e. The SMILES string of the molecule is C1=CNc2ccccc2C1.CC.[HH]. The van der Waals surface area contributed by atoms with Crippen molar-refractivity contribution in [2.24, 2.45) is 0 Å². The second-order valence-corrected chi connectivity index (χ2v) is 2.41. The Balaban J connectivity index is 0.000000451. The number of benzene rings is 1. The van der Waals surface area contributed by atoms with Crippen LogP contribution in [0.3, 0.4) is 0 Å². The van der Waals surface area contributed by atoms with E-state index in [-0.39, 0.29) is 1.43 Å². The predicted molar refractivity (Wildman–Crippen MR) is 56.4 cm³/mol. The molecule has 1 nitrogen and oxygen atoms in total. The Kier molecular flexibility index (Phi) is 3.39. The van der Waals surface area contributed by atoms with Gasteiger partial charge in [-0.3, -0.25) is 0 Å². The van der Waals surface area contributed by atoms with E-state index in [2.05, 4.69) is 29.6 Å². The third-order valence-electron chi connectivity index (χ3n) is 1.71. The number of para-hydroxylation sites is 1. The van der Waals surface area contributed by atoms with Gasteiger partial charge in [-0.15, -0.1) is 0 Å². The number of nitrogens with one attached hydrogen (secondary N) is 1. The van der Waals surface area contributed by atoms with Gasteiger partial charge in [-0.2, -0.15) is 0 Å². The maximum atomic E-state index is 3.18. The summed E-state index contributed by atoms with van der Waals surface area (Å²) in [5.74, 6) is 0. The summed E-state index contributed by atoms with van der Waals surface area (Å²) in [6.45, 7) is 4.00. The first kappa shape index (κ1) is 8.85. The molecule has 0 saturated heterocycles. The molecular formula is C11H17N. The Bertz CT molecular complexity index is 242. The van der Waals surface area contributed by atoms with Gasteiger partial charge in [0.15, 0.2) is 0 Å². The first-order valence-corrected chi connectivity index (χ1v) is 4.46. The lowest BCUT2D eigenvalue weighted by molar-refractivity contribution is 1.22. The Morgan fingerprint density at radius 1 is 1.25 bits per heavy atom. The number of hydrogen-bond acceptors (Lipinski definition) is 1. The molecule has 0 amide bonds. The highest BCUT2D eigenvalue weighted by Crippen LogP contribution is 2.18. The first-order valence-electron chi connectivity index (χ1n) is 4.46. The largest absolute Gasteiger partial charge is 0.362 e. The van der Waals surface area contributed by atoms with Gasteiger partial charge in [0.1, 0.15) is 0 Å². The van der Waals surface area contributed by atoms with E-state index in [0.717, 1.165) is 6.42 Å². The lowest BCUT2D eigenvalue weighted by Crippen LogP contribution is -1.98. The van der Waals surface area contributed by atoms with Crippen molar-refractivity contribution in [2.45, 2.75) is 20.3 Å². The van der Waals surface area contributed by atoms with Crippen molar-refractivity contribution in [3.8, 4) is 0 Å². The van der Waals surface area contributed by atoms with Crippen LogP contribution in [0.4, 0.5) is 5.69 Å². The zero-order valence-corrected chi connectivity index (χ0v) is 7.67. The van der Waals surface area contributed by atoms with Crippen molar-refractivity contribution >= 4 is 5.69 Å². The lowest BCUT2D eigenvalue weighted by Gasteiger charge is -2.10. The summed E-state index contributed by atoms with van der Waals surface area (Å²) in [6, 6.07) is 8.36. The summed E-state index contributed by atoms with van der Waals surface area (Å²) in [5.41, 5.74) is 2.62. The highest BCUT2D eigenvalue weighted by atomic mass is 14.8. The molecule has 0 atom stereocenters. The van der Waals surface area contributed by atoms with Gasteiger partial charge >= 0.3 is 0 Å². The van der Waals surface area contributed by atoms with Crippen molar-refractivity contribution in [3.05, 3.63) is 42.1 Å². The first-order chi connectivity index (χ1) is 5.97. The third kappa shape index (κ3) is 1.88. The molecule has 0 unspecified atom stereocenters. The molecular weight excluding hydrogens is 146 g/mol. The zero-order valence-electron chi connectivity index (χ0n) is 7.67. The maximum Gasteiger partial charge on any atom is 0.0415 e. The van der Waals surface area contributed by atoms with Gasteiger partial charge in [-0.05, 0) is 24.3 Å². The Labute approximate surface area is 75.6 Å². The number of rotatable bonds is 0. The van der Waals surface area contributed by atoms with Crippen LogP contribution in [0, 0.1) is 0 Å². The Morgan fingerprint density at radius 3 is 2.75 bits per heavy atom. The fourth-order valence-electron chi connectivity index (χ4n) is 1.17. The molecule has 12 heavy (non-hydrogen) atoms. The van der Waals surface area contributed by atoms with E-state index < -0.39 is 0 Å². The Morgan fingerprint density at radius 2 is 2.00 bits per heavy atom. The molecule has 1 heterocycles. The minimum absolute atomic E-state index is 0. The van der Waals surface area contributed by atoms with Gasteiger partial charge in [-0.1, -0.05) is 38.1 Å². The van der Waals surface area contributed by atoms with E-state index in [1.54, 1.807) is 0 Å². The molecule has 66 valence electrons. The molecule has 1 aliphatic rings. The summed E-state index contributed by atoms with van der Waals surface area (Å²) < 4.78 is 0. The topological polar surface area (TPSA) is 12.0 Å². The monoisotopic (exact) mass is 163 g/mol. The molecule has 0 spiro atoms. The van der Waals surface area contributed by atoms with Crippen LogP contribution in [0.25, 0.3) is 0 Å². The molecule has 0 saturated carbocycles. The number of allylic oxidation sites excluding steroid dienone is 1. The van der Waals surface area contributed by atoms with Gasteiger partial charge in [0.2, 0.25) is 0 Å². The van der Waals surface area contributed by atoms with Crippen LogP contribution in [-0.2, 0) is 6.42 Å². The summed E-state index contributed by atoms with van der Waals surface area (Å²) >= 11 is 0. The van der Waals surface area contributed by atoms with Gasteiger partial charge in [-0.25, -0.2) is 0 Å². The van der Waals surface area contributed by atoms with Crippen LogP contribution in [0.1, 0.15) is 20.8 Å². The molecule has 1 heteroatoms. The van der Waals surface area contributed by atoms with Gasteiger partial charge < -0.3 is 5.32 Å². The molecule has 0 aliphatic carbocycles. The van der Waals surface area contributed by atoms with Gasteiger partial charge in [0.05, 0.1) is 0 Å². The predicted octanol–water partition coefficient (Wildman–Crippen LogP) is 3.44. The summed E-state index contributed by atoms with van der Waals surface area (Å²) in [6.07, 6.45) is 5.17. The summed E-state index contributed by atoms with van der Waals surface area (Å²) in [7, 11) is 0. The van der Waals surface area contributed by atoms with Crippen molar-refractivity contribution in [1.29, 1.82) is 0 Å². The number of fused-ring (bicyclic) bond motifs is 1. The van der Waals surface area contributed by atoms with Crippen LogP contribution < -0.4 is 5.32 Å². The zero-order chi connectivity index (χ0) is 8.81. The van der Waals surface area contributed by atoms with Crippen LogP contribution in [0.2, 0.25) is 0 Å². The van der Waals surface area contributed by atoms with E-state index >= 15 is 0 Å². The normalized spacial score (nSPS) is 12.2. The molecule has 0 bridgehead atoms. The highest BCUT2D eigenvalue weighted by Gasteiger charge is 1.99. The van der Waals surface area contributed by atoms with E-state index in [1.807, 2.05) is 26.1 Å². The third-order valence-corrected chi connectivity index (χ3v) is 1.71. The van der Waals surface area contributed by atoms with Crippen LogP contribution >= 0.6 is 0 Å². The van der Waals surface area contributed by atoms with Crippen molar-refractivity contribution < 1.29 is 1.43 Å². The maximum absolute atomic E-state index is 3.18. The fourth-order valence-corrected chi connectivity index (χ4v) is 1.17. The Hall–Kier alpha value is -1.24. The molecule has 1 aliphatic heterocycles. The molecule has 0 aromatic heterocycles. The second kappa shape index (κ2) is 4.60. The summed E-state index contributed by atoms with van der Waals surface area (Å²) in [4.78, 5) is 0. The number of anilines is 1. The van der Waals surface area contributed by atoms with Crippen LogP contribution in [0.15, 0.2) is 36.5 Å². The minimum atomic E-state index is 0.